The van der Waals surface area contributed by atoms with Crippen molar-refractivity contribution in [1.29, 1.82) is 0 Å². The number of allylic oxidation sites excluding steroid dienone is 2. The zero-order valence-electron chi connectivity index (χ0n) is 20.8. The van der Waals surface area contributed by atoms with Gasteiger partial charge in [-0.15, -0.1) is 0 Å². The van der Waals surface area contributed by atoms with Crippen LogP contribution in [0.5, 0.6) is 11.5 Å². The van der Waals surface area contributed by atoms with Crippen molar-refractivity contribution in [3.63, 3.8) is 0 Å². The summed E-state index contributed by atoms with van der Waals surface area (Å²) in [4.78, 5) is 35.5. The smallest absolute Gasteiger partial charge is 0.343 e. The van der Waals surface area contributed by atoms with Crippen LogP contribution in [-0.4, -0.2) is 37.7 Å². The Bertz CT molecular complexity index is 1130. The summed E-state index contributed by atoms with van der Waals surface area (Å²) in [7, 11) is 0. The van der Waals surface area contributed by atoms with E-state index in [2.05, 4.69) is 19.7 Å². The SMILES string of the molecule is C=CC(=O)OCCCCOc1ccc(C(=O)OC(=C)/C=C\C(=C)OC(=O)c2ccc(OCC)cc2)cc1. The molecule has 0 bridgehead atoms. The average Bonchev–Trinajstić information content (AvgIpc) is 2.90. The van der Waals surface area contributed by atoms with Crippen LogP contribution >= 0.6 is 0 Å². The number of unbranched alkanes of at least 4 members (excludes halogenated alkanes) is 1. The Morgan fingerprint density at radius 3 is 1.65 bits per heavy atom. The first-order valence-corrected chi connectivity index (χ1v) is 11.6. The highest BCUT2D eigenvalue weighted by atomic mass is 16.5. The van der Waals surface area contributed by atoms with Gasteiger partial charge in [-0.05, 0) is 80.4 Å². The summed E-state index contributed by atoms with van der Waals surface area (Å²) < 4.78 is 26.2. The number of hydrogen-bond donors (Lipinski definition) is 0. The maximum Gasteiger partial charge on any atom is 0.343 e. The van der Waals surface area contributed by atoms with Crippen LogP contribution in [0.2, 0.25) is 0 Å². The van der Waals surface area contributed by atoms with Gasteiger partial charge in [0.25, 0.3) is 0 Å². The second-order valence-corrected chi connectivity index (χ2v) is 7.45. The molecular formula is C29H30O8. The molecule has 0 aromatic heterocycles. The number of carbonyl (C=O) groups excluding carboxylic acids is 3. The van der Waals surface area contributed by atoms with Gasteiger partial charge >= 0.3 is 17.9 Å². The maximum atomic E-state index is 12.3. The van der Waals surface area contributed by atoms with Gasteiger partial charge in [-0.25, -0.2) is 14.4 Å². The summed E-state index contributed by atoms with van der Waals surface area (Å²) in [6.07, 6.45) is 5.22. The van der Waals surface area contributed by atoms with Crippen molar-refractivity contribution in [3.8, 4) is 11.5 Å². The Labute approximate surface area is 216 Å². The van der Waals surface area contributed by atoms with Crippen LogP contribution in [0.25, 0.3) is 0 Å². The molecule has 37 heavy (non-hydrogen) atoms. The van der Waals surface area contributed by atoms with E-state index < -0.39 is 17.9 Å². The predicted molar refractivity (Wildman–Crippen MR) is 138 cm³/mol. The van der Waals surface area contributed by atoms with E-state index in [4.69, 9.17) is 23.7 Å². The van der Waals surface area contributed by atoms with Crippen LogP contribution in [0.3, 0.4) is 0 Å². The lowest BCUT2D eigenvalue weighted by atomic mass is 10.2. The summed E-state index contributed by atoms with van der Waals surface area (Å²) in [6.45, 7) is 13.8. The lowest BCUT2D eigenvalue weighted by Gasteiger charge is -2.08. The molecule has 0 fully saturated rings. The van der Waals surface area contributed by atoms with Crippen LogP contribution < -0.4 is 9.47 Å². The van der Waals surface area contributed by atoms with Gasteiger partial charge < -0.3 is 23.7 Å². The topological polar surface area (TPSA) is 97.4 Å². The Balaban J connectivity index is 1.73. The first kappa shape index (κ1) is 28.6. The van der Waals surface area contributed by atoms with Gasteiger partial charge in [0.1, 0.15) is 23.0 Å². The molecule has 2 aromatic carbocycles. The van der Waals surface area contributed by atoms with Crippen molar-refractivity contribution in [3.05, 3.63) is 109 Å². The molecule has 0 saturated heterocycles. The number of carbonyl (C=O) groups is 3. The number of benzene rings is 2. The van der Waals surface area contributed by atoms with Gasteiger partial charge in [-0.3, -0.25) is 0 Å². The molecule has 2 rings (SSSR count). The van der Waals surface area contributed by atoms with Crippen LogP contribution in [0.15, 0.2) is 98.0 Å². The highest BCUT2D eigenvalue weighted by Gasteiger charge is 2.10. The number of esters is 3. The van der Waals surface area contributed by atoms with Crippen molar-refractivity contribution >= 4 is 17.9 Å². The fourth-order valence-corrected chi connectivity index (χ4v) is 2.78. The molecule has 0 N–H and O–H groups in total. The molecule has 0 spiro atoms. The van der Waals surface area contributed by atoms with E-state index >= 15 is 0 Å². The van der Waals surface area contributed by atoms with E-state index in [0.717, 1.165) is 6.08 Å². The van der Waals surface area contributed by atoms with E-state index in [9.17, 15) is 14.4 Å². The molecule has 0 amide bonds. The van der Waals surface area contributed by atoms with Gasteiger partial charge in [-0.2, -0.15) is 0 Å². The third-order valence-corrected chi connectivity index (χ3v) is 4.61. The minimum absolute atomic E-state index is 0.0424. The van der Waals surface area contributed by atoms with E-state index in [1.165, 1.54) is 12.2 Å². The Hall–Kier alpha value is -4.59. The second-order valence-electron chi connectivity index (χ2n) is 7.45. The summed E-state index contributed by atoms with van der Waals surface area (Å²) in [5.41, 5.74) is 0.642. The highest BCUT2D eigenvalue weighted by molar-refractivity contribution is 5.91. The molecular weight excluding hydrogens is 476 g/mol. The van der Waals surface area contributed by atoms with Crippen LogP contribution in [0.1, 0.15) is 40.5 Å². The van der Waals surface area contributed by atoms with Crippen LogP contribution in [0, 0.1) is 0 Å². The largest absolute Gasteiger partial charge is 0.494 e. The third kappa shape index (κ3) is 10.7. The van der Waals surface area contributed by atoms with E-state index in [1.54, 1.807) is 48.5 Å². The zero-order valence-corrected chi connectivity index (χ0v) is 20.8. The molecule has 194 valence electrons. The quantitative estimate of drug-likeness (QED) is 0.0772. The van der Waals surface area contributed by atoms with Crippen molar-refractivity contribution in [2.24, 2.45) is 0 Å². The Morgan fingerprint density at radius 2 is 1.19 bits per heavy atom. The Morgan fingerprint density at radius 1 is 0.730 bits per heavy atom. The molecule has 0 radical (unpaired) electrons. The maximum absolute atomic E-state index is 12.3. The first-order valence-electron chi connectivity index (χ1n) is 11.6. The van der Waals surface area contributed by atoms with Crippen molar-refractivity contribution in [1.82, 2.24) is 0 Å². The first-order chi connectivity index (χ1) is 17.8. The van der Waals surface area contributed by atoms with Gasteiger partial charge in [0.05, 0.1) is 30.9 Å². The molecule has 0 unspecified atom stereocenters. The minimum atomic E-state index is -0.609. The third-order valence-electron chi connectivity index (χ3n) is 4.61. The van der Waals surface area contributed by atoms with Gasteiger partial charge in [0.2, 0.25) is 0 Å². The molecule has 0 aliphatic heterocycles. The van der Waals surface area contributed by atoms with Crippen molar-refractivity contribution < 1.29 is 38.1 Å². The Kier molecular flexibility index (Phi) is 11.9. The predicted octanol–water partition coefficient (Wildman–Crippen LogP) is 5.57. The van der Waals surface area contributed by atoms with Gasteiger partial charge in [0.15, 0.2) is 0 Å². The summed E-state index contributed by atoms with van der Waals surface area (Å²) in [5.74, 6) is -0.309. The molecule has 0 heterocycles. The molecule has 0 aliphatic rings. The number of rotatable bonds is 15. The second kappa shape index (κ2) is 15.4. The van der Waals surface area contributed by atoms with Gasteiger partial charge in [-0.1, -0.05) is 19.7 Å². The fourth-order valence-electron chi connectivity index (χ4n) is 2.78. The van der Waals surface area contributed by atoms with E-state index in [0.29, 0.717) is 55.3 Å². The minimum Gasteiger partial charge on any atom is -0.494 e. The summed E-state index contributed by atoms with van der Waals surface area (Å²) in [6, 6.07) is 13.0. The van der Waals surface area contributed by atoms with Crippen LogP contribution in [-0.2, 0) is 19.0 Å². The highest BCUT2D eigenvalue weighted by Crippen LogP contribution is 2.16. The van der Waals surface area contributed by atoms with Crippen LogP contribution in [0.4, 0.5) is 0 Å². The van der Waals surface area contributed by atoms with E-state index in [-0.39, 0.29) is 11.5 Å². The fraction of sp³-hybridized carbons (Fsp3) is 0.207. The molecule has 2 aromatic rings. The standard InChI is InChI=1S/C29H30O8/c1-5-27(30)35-20-8-7-19-34-26-17-13-24(14-18-26)29(32)37-22(4)10-9-21(3)36-28(31)23-11-15-25(16-12-23)33-6-2/h5,9-18H,1,3-4,6-8,19-20H2,2H3/b10-9-. The zero-order chi connectivity index (χ0) is 27.0. The van der Waals surface area contributed by atoms with Crippen molar-refractivity contribution in [2.75, 3.05) is 19.8 Å². The lowest BCUT2D eigenvalue weighted by molar-refractivity contribution is -0.137. The number of ether oxygens (including phenoxy) is 5. The average molecular weight is 507 g/mol. The van der Waals surface area contributed by atoms with Gasteiger partial charge in [0, 0.05) is 6.08 Å². The summed E-state index contributed by atoms with van der Waals surface area (Å²) in [5, 5.41) is 0. The monoisotopic (exact) mass is 506 g/mol. The molecule has 8 nitrogen and oxygen atoms in total. The summed E-state index contributed by atoms with van der Waals surface area (Å²) >= 11 is 0. The normalized spacial score (nSPS) is 10.3. The molecule has 0 saturated carbocycles. The molecule has 0 atom stereocenters. The molecule has 0 aliphatic carbocycles. The van der Waals surface area contributed by atoms with E-state index in [1.807, 2.05) is 6.92 Å². The molecule has 8 heteroatoms. The lowest BCUT2D eigenvalue weighted by Crippen LogP contribution is -2.05. The number of hydrogen-bond acceptors (Lipinski definition) is 8. The van der Waals surface area contributed by atoms with Crippen molar-refractivity contribution in [2.45, 2.75) is 19.8 Å².